The van der Waals surface area contributed by atoms with Gasteiger partial charge in [-0.05, 0) is 62.4 Å². The van der Waals surface area contributed by atoms with Crippen molar-refractivity contribution < 1.29 is 14.4 Å². The van der Waals surface area contributed by atoms with Crippen LogP contribution >= 0.6 is 11.6 Å². The van der Waals surface area contributed by atoms with Crippen LogP contribution in [0.4, 0.5) is 11.4 Å². The molecule has 2 rings (SSSR count). The topological polar surface area (TPSA) is 75.3 Å². The number of carbonyl (C=O) groups is 3. The van der Waals surface area contributed by atoms with Crippen LogP contribution in [0.15, 0.2) is 60.2 Å². The second-order valence-electron chi connectivity index (χ2n) is 5.41. The molecule has 128 valence electrons. The highest BCUT2D eigenvalue weighted by Gasteiger charge is 2.08. The molecule has 25 heavy (non-hydrogen) atoms. The zero-order chi connectivity index (χ0) is 18.4. The average Bonchev–Trinajstić information content (AvgIpc) is 2.57. The molecular weight excluding hydrogens is 340 g/mol. The minimum Gasteiger partial charge on any atom is -0.323 e. The number of anilines is 2. The number of hydrogen-bond acceptors (Lipinski definition) is 3. The Hall–Kier alpha value is -2.92. The van der Waals surface area contributed by atoms with E-state index in [4.69, 9.17) is 11.6 Å². The Morgan fingerprint density at radius 1 is 0.840 bits per heavy atom. The van der Waals surface area contributed by atoms with Gasteiger partial charge >= 0.3 is 0 Å². The highest BCUT2D eigenvalue weighted by molar-refractivity contribution is 6.30. The van der Waals surface area contributed by atoms with Crippen LogP contribution in [0.1, 0.15) is 24.2 Å². The molecule has 0 unspecified atom stereocenters. The van der Waals surface area contributed by atoms with E-state index in [1.54, 1.807) is 55.5 Å². The largest absolute Gasteiger partial charge is 0.323 e. The molecule has 0 saturated carbocycles. The first-order chi connectivity index (χ1) is 11.8. The van der Waals surface area contributed by atoms with Gasteiger partial charge in [-0.1, -0.05) is 11.6 Å². The van der Waals surface area contributed by atoms with Crippen molar-refractivity contribution in [2.75, 3.05) is 10.6 Å². The van der Waals surface area contributed by atoms with Crippen molar-refractivity contribution in [1.29, 1.82) is 0 Å². The summed E-state index contributed by atoms with van der Waals surface area (Å²) in [6, 6.07) is 13.2. The molecule has 0 aliphatic rings. The van der Waals surface area contributed by atoms with Crippen molar-refractivity contribution in [1.82, 2.24) is 0 Å². The number of rotatable bonds is 5. The van der Waals surface area contributed by atoms with Crippen molar-refractivity contribution in [3.8, 4) is 0 Å². The summed E-state index contributed by atoms with van der Waals surface area (Å²) >= 11 is 5.79. The van der Waals surface area contributed by atoms with Gasteiger partial charge < -0.3 is 10.6 Å². The highest BCUT2D eigenvalue weighted by Crippen LogP contribution is 2.14. The van der Waals surface area contributed by atoms with Gasteiger partial charge in [0.2, 0.25) is 5.91 Å². The van der Waals surface area contributed by atoms with E-state index in [0.29, 0.717) is 22.0 Å². The Bertz CT molecular complexity index is 825. The van der Waals surface area contributed by atoms with E-state index in [1.807, 2.05) is 0 Å². The second-order valence-corrected chi connectivity index (χ2v) is 5.85. The van der Waals surface area contributed by atoms with Gasteiger partial charge in [-0.2, -0.15) is 0 Å². The number of carbonyl (C=O) groups excluding carboxylic acids is 3. The number of Topliss-reactive ketones (excluding diaryl/α,β-unsaturated/α-hetero) is 1. The van der Waals surface area contributed by atoms with Gasteiger partial charge in [0.1, 0.15) is 0 Å². The quantitative estimate of drug-likeness (QED) is 0.626. The van der Waals surface area contributed by atoms with Crippen LogP contribution in [-0.4, -0.2) is 17.6 Å². The maximum atomic E-state index is 12.1. The molecule has 0 radical (unpaired) electrons. The van der Waals surface area contributed by atoms with Gasteiger partial charge in [-0.3, -0.25) is 14.4 Å². The Morgan fingerprint density at radius 3 is 1.92 bits per heavy atom. The van der Waals surface area contributed by atoms with Crippen LogP contribution in [0.3, 0.4) is 0 Å². The lowest BCUT2D eigenvalue weighted by Gasteiger charge is -2.06. The third-order valence-corrected chi connectivity index (χ3v) is 3.62. The molecule has 0 aromatic heterocycles. The van der Waals surface area contributed by atoms with Crippen molar-refractivity contribution >= 4 is 40.6 Å². The molecule has 2 aromatic carbocycles. The average molecular weight is 357 g/mol. The van der Waals surface area contributed by atoms with Gasteiger partial charge in [0.25, 0.3) is 5.91 Å². The summed E-state index contributed by atoms with van der Waals surface area (Å²) in [4.78, 5) is 35.3. The monoisotopic (exact) mass is 356 g/mol. The summed E-state index contributed by atoms with van der Waals surface area (Å²) in [7, 11) is 0. The van der Waals surface area contributed by atoms with Crippen molar-refractivity contribution in [3.05, 3.63) is 70.8 Å². The molecular formula is C19H17ClN2O3. The minimum atomic E-state index is -0.431. The molecule has 0 aliphatic heterocycles. The lowest BCUT2D eigenvalue weighted by molar-refractivity contribution is -0.114. The zero-order valence-electron chi connectivity index (χ0n) is 13.8. The number of halogens is 1. The van der Waals surface area contributed by atoms with Gasteiger partial charge in [0, 0.05) is 33.6 Å². The number of amides is 2. The van der Waals surface area contributed by atoms with E-state index in [1.165, 1.54) is 13.0 Å². The van der Waals surface area contributed by atoms with E-state index < -0.39 is 5.91 Å². The summed E-state index contributed by atoms with van der Waals surface area (Å²) in [5.74, 6) is -0.865. The Kier molecular flexibility index (Phi) is 6.08. The second kappa shape index (κ2) is 8.26. The standard InChI is InChI=1S/C19H17ClN2O3/c1-12(19(25)22-17-9-5-15(20)6-10-17)11-18(24)21-16-7-3-14(4-8-16)13(2)23/h3-11H,1-2H3,(H,21,24)(H,22,25)/b12-11-. The molecule has 6 heteroatoms. The molecule has 5 nitrogen and oxygen atoms in total. The van der Waals surface area contributed by atoms with Crippen molar-refractivity contribution in [2.45, 2.75) is 13.8 Å². The van der Waals surface area contributed by atoms with E-state index in [2.05, 4.69) is 10.6 Å². The van der Waals surface area contributed by atoms with Crippen LogP contribution in [0.5, 0.6) is 0 Å². The van der Waals surface area contributed by atoms with Crippen LogP contribution in [0.2, 0.25) is 5.02 Å². The molecule has 0 atom stereocenters. The summed E-state index contributed by atoms with van der Waals surface area (Å²) in [5, 5.41) is 5.89. The predicted molar refractivity (Wildman–Crippen MR) is 98.9 cm³/mol. The summed E-state index contributed by atoms with van der Waals surface area (Å²) < 4.78 is 0. The Morgan fingerprint density at radius 2 is 1.36 bits per heavy atom. The van der Waals surface area contributed by atoms with Crippen molar-refractivity contribution in [3.63, 3.8) is 0 Å². The van der Waals surface area contributed by atoms with E-state index in [0.717, 1.165) is 0 Å². The number of benzene rings is 2. The minimum absolute atomic E-state index is 0.0486. The fraction of sp³-hybridized carbons (Fsp3) is 0.105. The maximum absolute atomic E-state index is 12.1. The van der Waals surface area contributed by atoms with Crippen LogP contribution < -0.4 is 10.6 Å². The molecule has 0 fully saturated rings. The summed E-state index contributed by atoms with van der Waals surface area (Å²) in [6.45, 7) is 3.02. The number of nitrogens with one attached hydrogen (secondary N) is 2. The fourth-order valence-electron chi connectivity index (χ4n) is 1.99. The van der Waals surface area contributed by atoms with Gasteiger partial charge in [-0.15, -0.1) is 0 Å². The third kappa shape index (κ3) is 5.58. The maximum Gasteiger partial charge on any atom is 0.251 e. The van der Waals surface area contributed by atoms with Gasteiger partial charge in [0.05, 0.1) is 0 Å². The Balaban J connectivity index is 1.97. The molecule has 2 amide bonds. The summed E-state index contributed by atoms with van der Waals surface area (Å²) in [6.07, 6.45) is 1.21. The lowest BCUT2D eigenvalue weighted by Crippen LogP contribution is -2.16. The predicted octanol–water partition coefficient (Wildman–Crippen LogP) is 4.07. The first-order valence-corrected chi connectivity index (χ1v) is 7.90. The number of ketones is 1. The first kappa shape index (κ1) is 18.4. The van der Waals surface area contributed by atoms with E-state index in [9.17, 15) is 14.4 Å². The lowest BCUT2D eigenvalue weighted by atomic mass is 10.1. The normalized spacial score (nSPS) is 10.9. The van der Waals surface area contributed by atoms with Crippen LogP contribution in [0, 0.1) is 0 Å². The fourth-order valence-corrected chi connectivity index (χ4v) is 2.12. The first-order valence-electron chi connectivity index (χ1n) is 7.52. The molecule has 0 aliphatic carbocycles. The smallest absolute Gasteiger partial charge is 0.251 e. The SMILES string of the molecule is CC(=O)c1ccc(NC(=O)/C=C(/C)C(=O)Nc2ccc(Cl)cc2)cc1. The highest BCUT2D eigenvalue weighted by atomic mass is 35.5. The third-order valence-electron chi connectivity index (χ3n) is 3.37. The molecule has 0 heterocycles. The molecule has 0 saturated heterocycles. The van der Waals surface area contributed by atoms with E-state index >= 15 is 0 Å². The zero-order valence-corrected chi connectivity index (χ0v) is 14.6. The molecule has 0 spiro atoms. The molecule has 2 N–H and O–H groups in total. The Labute approximate surface area is 150 Å². The molecule has 2 aromatic rings. The van der Waals surface area contributed by atoms with Gasteiger partial charge in [-0.25, -0.2) is 0 Å². The van der Waals surface area contributed by atoms with E-state index in [-0.39, 0.29) is 17.3 Å². The van der Waals surface area contributed by atoms with Crippen LogP contribution in [0.25, 0.3) is 0 Å². The molecule has 0 bridgehead atoms. The summed E-state index contributed by atoms with van der Waals surface area (Å²) in [5.41, 5.74) is 1.94. The van der Waals surface area contributed by atoms with Crippen LogP contribution in [-0.2, 0) is 9.59 Å². The number of hydrogen-bond donors (Lipinski definition) is 2. The van der Waals surface area contributed by atoms with Crippen molar-refractivity contribution in [2.24, 2.45) is 0 Å². The van der Waals surface area contributed by atoms with Gasteiger partial charge in [0.15, 0.2) is 5.78 Å².